The molecule has 3 nitrogen and oxygen atoms in total. The lowest BCUT2D eigenvalue weighted by Gasteiger charge is -1.99. The van der Waals surface area contributed by atoms with Gasteiger partial charge < -0.3 is 5.73 Å². The van der Waals surface area contributed by atoms with Gasteiger partial charge in [-0.2, -0.15) is 0 Å². The van der Waals surface area contributed by atoms with Crippen LogP contribution in [-0.2, 0) is 0 Å². The van der Waals surface area contributed by atoms with E-state index in [1.807, 2.05) is 0 Å². The molecule has 0 aliphatic heterocycles. The van der Waals surface area contributed by atoms with E-state index >= 15 is 0 Å². The summed E-state index contributed by atoms with van der Waals surface area (Å²) in [5.74, 6) is -0.0754. The molecular weight excluding hydrogens is 211 g/mol. The number of carbonyl (C=O) groups excluding carboxylic acids is 1. The summed E-state index contributed by atoms with van der Waals surface area (Å²) >= 11 is 11.3. The number of nitrogens with two attached hydrogens (primary N) is 1. The van der Waals surface area contributed by atoms with Crippen LogP contribution < -0.4 is 5.73 Å². The molecule has 1 aromatic heterocycles. The molecule has 0 aliphatic carbocycles. The number of pyridine rings is 1. The number of halogens is 2. The molecule has 0 fully saturated rings. The van der Waals surface area contributed by atoms with E-state index in [1.165, 1.54) is 12.3 Å². The Labute approximate surface area is 85.9 Å². The Morgan fingerprint density at radius 2 is 2.23 bits per heavy atom. The number of nitrogens with zero attached hydrogens (tertiary/aromatic N) is 1. The SMILES string of the molecule is NCCC(=O)c1cnc(Cl)c(Cl)c1. The summed E-state index contributed by atoms with van der Waals surface area (Å²) in [5, 5.41) is 0.482. The average Bonchev–Trinajstić information content (AvgIpc) is 2.10. The third-order valence-corrected chi connectivity index (χ3v) is 2.18. The molecule has 0 saturated heterocycles. The van der Waals surface area contributed by atoms with Crippen molar-refractivity contribution in [3.05, 3.63) is 28.0 Å². The smallest absolute Gasteiger partial charge is 0.165 e. The summed E-state index contributed by atoms with van der Waals surface area (Å²) in [6, 6.07) is 1.49. The van der Waals surface area contributed by atoms with Gasteiger partial charge in [0.2, 0.25) is 0 Å². The number of carbonyl (C=O) groups is 1. The van der Waals surface area contributed by atoms with Gasteiger partial charge in [0.25, 0.3) is 0 Å². The van der Waals surface area contributed by atoms with E-state index in [0.717, 1.165) is 0 Å². The predicted molar refractivity (Wildman–Crippen MR) is 52.3 cm³/mol. The fourth-order valence-corrected chi connectivity index (χ4v) is 1.12. The van der Waals surface area contributed by atoms with Gasteiger partial charge >= 0.3 is 0 Å². The van der Waals surface area contributed by atoms with Crippen molar-refractivity contribution in [1.29, 1.82) is 0 Å². The van der Waals surface area contributed by atoms with E-state index in [1.54, 1.807) is 0 Å². The lowest BCUT2D eigenvalue weighted by molar-refractivity contribution is 0.0985. The molecule has 0 spiro atoms. The van der Waals surface area contributed by atoms with Gasteiger partial charge in [-0.15, -0.1) is 0 Å². The highest BCUT2D eigenvalue weighted by Gasteiger charge is 2.07. The maximum atomic E-state index is 11.3. The first-order valence-electron chi connectivity index (χ1n) is 3.69. The minimum atomic E-state index is -0.0754. The largest absolute Gasteiger partial charge is 0.330 e. The van der Waals surface area contributed by atoms with Crippen LogP contribution >= 0.6 is 23.2 Å². The second-order valence-electron chi connectivity index (χ2n) is 2.46. The maximum Gasteiger partial charge on any atom is 0.165 e. The number of Topliss-reactive ketones (excluding diaryl/α,β-unsaturated/α-hetero) is 1. The van der Waals surface area contributed by atoms with Crippen molar-refractivity contribution >= 4 is 29.0 Å². The van der Waals surface area contributed by atoms with Crippen molar-refractivity contribution in [2.24, 2.45) is 5.73 Å². The summed E-state index contributed by atoms with van der Waals surface area (Å²) in [6.07, 6.45) is 1.69. The Morgan fingerprint density at radius 3 is 2.77 bits per heavy atom. The zero-order chi connectivity index (χ0) is 9.84. The van der Waals surface area contributed by atoms with Gasteiger partial charge in [-0.05, 0) is 12.6 Å². The molecule has 1 heterocycles. The minimum Gasteiger partial charge on any atom is -0.330 e. The van der Waals surface area contributed by atoms with Gasteiger partial charge in [-0.3, -0.25) is 4.79 Å². The van der Waals surface area contributed by atoms with Crippen LogP contribution in [0.4, 0.5) is 0 Å². The first-order valence-corrected chi connectivity index (χ1v) is 4.45. The number of rotatable bonds is 3. The Bertz CT molecular complexity index is 328. The maximum absolute atomic E-state index is 11.3. The molecule has 0 bridgehead atoms. The predicted octanol–water partition coefficient (Wildman–Crippen LogP) is 1.92. The highest BCUT2D eigenvalue weighted by molar-refractivity contribution is 6.41. The molecule has 13 heavy (non-hydrogen) atoms. The van der Waals surface area contributed by atoms with E-state index < -0.39 is 0 Å². The van der Waals surface area contributed by atoms with E-state index in [0.29, 0.717) is 18.5 Å². The molecule has 1 aromatic rings. The first-order chi connectivity index (χ1) is 6.15. The second kappa shape index (κ2) is 4.56. The average molecular weight is 219 g/mol. The van der Waals surface area contributed by atoms with E-state index in [4.69, 9.17) is 28.9 Å². The van der Waals surface area contributed by atoms with E-state index in [2.05, 4.69) is 4.98 Å². The van der Waals surface area contributed by atoms with E-state index in [-0.39, 0.29) is 16.0 Å². The highest BCUT2D eigenvalue weighted by atomic mass is 35.5. The van der Waals surface area contributed by atoms with Crippen LogP contribution in [0, 0.1) is 0 Å². The summed E-state index contributed by atoms with van der Waals surface area (Å²) in [4.78, 5) is 15.0. The topological polar surface area (TPSA) is 56.0 Å². The Kier molecular flexibility index (Phi) is 3.66. The molecule has 0 aromatic carbocycles. The molecule has 5 heteroatoms. The van der Waals surface area contributed by atoms with Crippen LogP contribution in [-0.4, -0.2) is 17.3 Å². The molecular formula is C8H8Cl2N2O. The fraction of sp³-hybridized carbons (Fsp3) is 0.250. The molecule has 0 aliphatic rings. The molecule has 0 amide bonds. The zero-order valence-electron chi connectivity index (χ0n) is 6.76. The van der Waals surface area contributed by atoms with Crippen molar-refractivity contribution in [1.82, 2.24) is 4.98 Å². The molecule has 0 radical (unpaired) electrons. The number of aromatic nitrogens is 1. The van der Waals surface area contributed by atoms with Crippen molar-refractivity contribution < 1.29 is 4.79 Å². The number of hydrogen-bond acceptors (Lipinski definition) is 3. The van der Waals surface area contributed by atoms with Gasteiger partial charge in [0.1, 0.15) is 5.15 Å². The summed E-state index contributed by atoms with van der Waals surface area (Å²) in [5.41, 5.74) is 5.68. The Balaban J connectivity index is 2.90. The van der Waals surface area contributed by atoms with Gasteiger partial charge in [0.15, 0.2) is 5.78 Å². The summed E-state index contributed by atoms with van der Waals surface area (Å²) < 4.78 is 0. The van der Waals surface area contributed by atoms with Crippen molar-refractivity contribution in [2.45, 2.75) is 6.42 Å². The fourth-order valence-electron chi connectivity index (χ4n) is 0.849. The lowest BCUT2D eigenvalue weighted by Crippen LogP contribution is -2.08. The second-order valence-corrected chi connectivity index (χ2v) is 3.22. The van der Waals surface area contributed by atoms with Crippen LogP contribution in [0.25, 0.3) is 0 Å². The standard InChI is InChI=1S/C8H8Cl2N2O/c9-6-3-5(4-12-8(6)10)7(13)1-2-11/h3-4H,1-2,11H2. The van der Waals surface area contributed by atoms with Crippen LogP contribution in [0.5, 0.6) is 0 Å². The zero-order valence-corrected chi connectivity index (χ0v) is 8.27. The van der Waals surface area contributed by atoms with Crippen LogP contribution in [0.1, 0.15) is 16.8 Å². The minimum absolute atomic E-state index is 0.0754. The van der Waals surface area contributed by atoms with Crippen LogP contribution in [0.2, 0.25) is 10.2 Å². The third-order valence-electron chi connectivity index (χ3n) is 1.49. The van der Waals surface area contributed by atoms with Crippen LogP contribution in [0.3, 0.4) is 0 Å². The van der Waals surface area contributed by atoms with Crippen molar-refractivity contribution in [2.75, 3.05) is 6.54 Å². The molecule has 0 atom stereocenters. The summed E-state index contributed by atoms with van der Waals surface area (Å²) in [6.45, 7) is 0.319. The van der Waals surface area contributed by atoms with Gasteiger partial charge in [0.05, 0.1) is 5.02 Å². The molecule has 1 rings (SSSR count). The quantitative estimate of drug-likeness (QED) is 0.624. The first kappa shape index (κ1) is 10.4. The monoisotopic (exact) mass is 218 g/mol. The highest BCUT2D eigenvalue weighted by Crippen LogP contribution is 2.20. The van der Waals surface area contributed by atoms with Crippen LogP contribution in [0.15, 0.2) is 12.3 Å². The molecule has 2 N–H and O–H groups in total. The van der Waals surface area contributed by atoms with Gasteiger partial charge in [-0.25, -0.2) is 4.98 Å². The Hall–Kier alpha value is -0.640. The third kappa shape index (κ3) is 2.66. The number of hydrogen-bond donors (Lipinski definition) is 1. The molecule has 0 saturated carbocycles. The number of ketones is 1. The lowest BCUT2D eigenvalue weighted by atomic mass is 10.1. The van der Waals surface area contributed by atoms with Gasteiger partial charge in [-0.1, -0.05) is 23.2 Å². The Morgan fingerprint density at radius 1 is 1.54 bits per heavy atom. The molecule has 70 valence electrons. The van der Waals surface area contributed by atoms with Gasteiger partial charge in [0, 0.05) is 18.2 Å². The summed E-state index contributed by atoms with van der Waals surface area (Å²) in [7, 11) is 0. The van der Waals surface area contributed by atoms with Crippen molar-refractivity contribution in [3.8, 4) is 0 Å². The molecule has 0 unspecified atom stereocenters. The van der Waals surface area contributed by atoms with E-state index in [9.17, 15) is 4.79 Å². The normalized spacial score (nSPS) is 10.1. The van der Waals surface area contributed by atoms with Crippen molar-refractivity contribution in [3.63, 3.8) is 0 Å².